The number of hydrogen-bond acceptors (Lipinski definition) is 6. The third kappa shape index (κ3) is 3.90. The molecule has 106 valence electrons. The average molecular weight is 289 g/mol. The molecule has 0 unspecified atom stereocenters. The second kappa shape index (κ2) is 6.17. The van der Waals surface area contributed by atoms with Gasteiger partial charge in [0, 0.05) is 23.5 Å². The molecule has 6 heteroatoms. The van der Waals surface area contributed by atoms with Crippen LogP contribution < -0.4 is 5.32 Å². The van der Waals surface area contributed by atoms with E-state index in [4.69, 9.17) is 0 Å². The fraction of sp³-hybridized carbons (Fsp3) is 0.429. The van der Waals surface area contributed by atoms with Crippen molar-refractivity contribution in [3.63, 3.8) is 0 Å². The van der Waals surface area contributed by atoms with E-state index in [1.165, 1.54) is 11.8 Å². The lowest BCUT2D eigenvalue weighted by molar-refractivity contribution is 0.562. The van der Waals surface area contributed by atoms with Crippen molar-refractivity contribution in [2.24, 2.45) is 0 Å². The molecular weight excluding hydrogens is 270 g/mol. The van der Waals surface area contributed by atoms with Crippen LogP contribution in [0.15, 0.2) is 29.7 Å². The van der Waals surface area contributed by atoms with Crippen molar-refractivity contribution in [2.45, 2.75) is 37.9 Å². The fourth-order valence-electron chi connectivity index (χ4n) is 1.61. The normalized spacial score (nSPS) is 11.4. The molecule has 0 aliphatic carbocycles. The van der Waals surface area contributed by atoms with E-state index in [1.807, 2.05) is 18.4 Å². The van der Waals surface area contributed by atoms with Gasteiger partial charge in [-0.15, -0.1) is 0 Å². The largest absolute Gasteiger partial charge is 0.363 e. The standard InChI is InChI=1S/C14H19N5S/c1-14(2,3)10-5-7-15-12(18-10)9-17-11-6-8-16-13(19-11)20-4/h5-8H,9H2,1-4H3,(H,16,17,19). The van der Waals surface area contributed by atoms with Crippen LogP contribution in [-0.2, 0) is 12.0 Å². The van der Waals surface area contributed by atoms with Crippen LogP contribution in [0, 0.1) is 0 Å². The Morgan fingerprint density at radius 1 is 1.10 bits per heavy atom. The van der Waals surface area contributed by atoms with Crippen molar-refractivity contribution in [2.75, 3.05) is 11.6 Å². The highest BCUT2D eigenvalue weighted by Gasteiger charge is 2.15. The molecular formula is C14H19N5S. The lowest BCUT2D eigenvalue weighted by Gasteiger charge is -2.17. The monoisotopic (exact) mass is 289 g/mol. The van der Waals surface area contributed by atoms with Crippen LogP contribution >= 0.6 is 11.8 Å². The molecule has 0 radical (unpaired) electrons. The molecule has 1 N–H and O–H groups in total. The van der Waals surface area contributed by atoms with Gasteiger partial charge in [0.1, 0.15) is 11.6 Å². The molecule has 0 atom stereocenters. The fourth-order valence-corrected chi connectivity index (χ4v) is 1.97. The molecule has 0 spiro atoms. The first-order valence-electron chi connectivity index (χ1n) is 6.42. The minimum atomic E-state index is 0.0264. The first-order valence-corrected chi connectivity index (χ1v) is 7.65. The zero-order chi connectivity index (χ0) is 14.6. The smallest absolute Gasteiger partial charge is 0.189 e. The molecule has 2 aromatic rings. The quantitative estimate of drug-likeness (QED) is 0.689. The number of nitrogens with zero attached hydrogens (tertiary/aromatic N) is 4. The Kier molecular flexibility index (Phi) is 4.54. The minimum Gasteiger partial charge on any atom is -0.363 e. The highest BCUT2D eigenvalue weighted by Crippen LogP contribution is 2.19. The molecule has 0 saturated carbocycles. The van der Waals surface area contributed by atoms with Gasteiger partial charge in [-0.2, -0.15) is 0 Å². The summed E-state index contributed by atoms with van der Waals surface area (Å²) < 4.78 is 0. The molecule has 0 aliphatic heterocycles. The summed E-state index contributed by atoms with van der Waals surface area (Å²) in [6, 6.07) is 3.80. The Morgan fingerprint density at radius 3 is 2.55 bits per heavy atom. The van der Waals surface area contributed by atoms with Gasteiger partial charge in [-0.05, 0) is 18.4 Å². The van der Waals surface area contributed by atoms with Crippen molar-refractivity contribution in [1.82, 2.24) is 19.9 Å². The topological polar surface area (TPSA) is 63.6 Å². The first kappa shape index (κ1) is 14.7. The summed E-state index contributed by atoms with van der Waals surface area (Å²) in [5, 5.41) is 3.97. The second-order valence-electron chi connectivity index (χ2n) is 5.39. The molecule has 2 rings (SSSR count). The van der Waals surface area contributed by atoms with Gasteiger partial charge < -0.3 is 5.32 Å². The summed E-state index contributed by atoms with van der Waals surface area (Å²) >= 11 is 1.52. The zero-order valence-corrected chi connectivity index (χ0v) is 13.0. The van der Waals surface area contributed by atoms with E-state index in [0.29, 0.717) is 6.54 Å². The Morgan fingerprint density at radius 2 is 1.85 bits per heavy atom. The van der Waals surface area contributed by atoms with Gasteiger partial charge in [-0.3, -0.25) is 0 Å². The molecule has 0 amide bonds. The Labute approximate surface area is 123 Å². The Hall–Kier alpha value is -1.69. The van der Waals surface area contributed by atoms with Gasteiger partial charge in [0.15, 0.2) is 5.16 Å². The number of nitrogens with one attached hydrogen (secondary N) is 1. The maximum Gasteiger partial charge on any atom is 0.189 e. The lowest BCUT2D eigenvalue weighted by atomic mass is 9.92. The summed E-state index contributed by atoms with van der Waals surface area (Å²) in [6.07, 6.45) is 5.50. The van der Waals surface area contributed by atoms with Gasteiger partial charge in [-0.25, -0.2) is 19.9 Å². The molecule has 20 heavy (non-hydrogen) atoms. The van der Waals surface area contributed by atoms with Crippen LogP contribution in [0.3, 0.4) is 0 Å². The highest BCUT2D eigenvalue weighted by atomic mass is 32.2. The zero-order valence-electron chi connectivity index (χ0n) is 12.2. The lowest BCUT2D eigenvalue weighted by Crippen LogP contribution is -2.16. The number of hydrogen-bond donors (Lipinski definition) is 1. The van der Waals surface area contributed by atoms with E-state index < -0.39 is 0 Å². The van der Waals surface area contributed by atoms with Gasteiger partial charge in [0.25, 0.3) is 0 Å². The van der Waals surface area contributed by atoms with E-state index in [2.05, 4.69) is 46.0 Å². The van der Waals surface area contributed by atoms with Gasteiger partial charge in [0.2, 0.25) is 0 Å². The van der Waals surface area contributed by atoms with E-state index >= 15 is 0 Å². The molecule has 2 heterocycles. The van der Waals surface area contributed by atoms with E-state index in [-0.39, 0.29) is 5.41 Å². The SMILES string of the molecule is CSc1nccc(NCc2nccc(C(C)(C)C)n2)n1. The van der Waals surface area contributed by atoms with Crippen molar-refractivity contribution in [1.29, 1.82) is 0 Å². The minimum absolute atomic E-state index is 0.0264. The van der Waals surface area contributed by atoms with Crippen molar-refractivity contribution in [3.8, 4) is 0 Å². The molecule has 5 nitrogen and oxygen atoms in total. The number of anilines is 1. The van der Waals surface area contributed by atoms with E-state index in [9.17, 15) is 0 Å². The summed E-state index contributed by atoms with van der Waals surface area (Å²) in [5.74, 6) is 1.55. The molecule has 0 saturated heterocycles. The van der Waals surface area contributed by atoms with Crippen molar-refractivity contribution in [3.05, 3.63) is 36.0 Å². The van der Waals surface area contributed by atoms with Crippen LogP contribution in [-0.4, -0.2) is 26.2 Å². The summed E-state index contributed by atoms with van der Waals surface area (Å²) in [4.78, 5) is 17.4. The molecule has 0 fully saturated rings. The number of aromatic nitrogens is 4. The molecule has 0 bridgehead atoms. The van der Waals surface area contributed by atoms with Gasteiger partial charge in [0.05, 0.1) is 6.54 Å². The summed E-state index contributed by atoms with van der Waals surface area (Å²) in [7, 11) is 0. The van der Waals surface area contributed by atoms with Crippen LogP contribution in [0.5, 0.6) is 0 Å². The Balaban J connectivity index is 2.07. The highest BCUT2D eigenvalue weighted by molar-refractivity contribution is 7.98. The molecule has 0 aromatic carbocycles. The molecule has 2 aromatic heterocycles. The van der Waals surface area contributed by atoms with E-state index in [1.54, 1.807) is 12.4 Å². The first-order chi connectivity index (χ1) is 9.49. The summed E-state index contributed by atoms with van der Waals surface area (Å²) in [5.41, 5.74) is 1.07. The second-order valence-corrected chi connectivity index (χ2v) is 6.16. The maximum absolute atomic E-state index is 4.58. The van der Waals surface area contributed by atoms with Crippen molar-refractivity contribution >= 4 is 17.6 Å². The van der Waals surface area contributed by atoms with E-state index in [0.717, 1.165) is 22.5 Å². The summed E-state index contributed by atoms with van der Waals surface area (Å²) in [6.45, 7) is 6.97. The third-order valence-electron chi connectivity index (χ3n) is 2.72. The maximum atomic E-state index is 4.58. The van der Waals surface area contributed by atoms with Crippen LogP contribution in [0.25, 0.3) is 0 Å². The number of rotatable bonds is 4. The average Bonchev–Trinajstić information content (AvgIpc) is 2.45. The van der Waals surface area contributed by atoms with Crippen LogP contribution in [0.4, 0.5) is 5.82 Å². The van der Waals surface area contributed by atoms with Gasteiger partial charge in [-0.1, -0.05) is 32.5 Å². The predicted molar refractivity (Wildman–Crippen MR) is 81.9 cm³/mol. The molecule has 0 aliphatic rings. The Bertz CT molecular complexity index is 580. The third-order valence-corrected chi connectivity index (χ3v) is 3.28. The van der Waals surface area contributed by atoms with Crippen molar-refractivity contribution < 1.29 is 0 Å². The van der Waals surface area contributed by atoms with Gasteiger partial charge >= 0.3 is 0 Å². The predicted octanol–water partition coefficient (Wildman–Crippen LogP) is 2.90. The van der Waals surface area contributed by atoms with Crippen LogP contribution in [0.2, 0.25) is 0 Å². The van der Waals surface area contributed by atoms with Crippen LogP contribution in [0.1, 0.15) is 32.3 Å². The number of thioether (sulfide) groups is 1.